The summed E-state index contributed by atoms with van der Waals surface area (Å²) < 4.78 is 1.90. The fraction of sp³-hybridized carbons (Fsp3) is 0.0556. The van der Waals surface area contributed by atoms with Crippen molar-refractivity contribution >= 4 is 28.4 Å². The van der Waals surface area contributed by atoms with Crippen molar-refractivity contribution in [1.82, 2.24) is 19.7 Å². The van der Waals surface area contributed by atoms with Crippen molar-refractivity contribution < 1.29 is 4.92 Å². The molecule has 4 aromatic rings. The number of pyridine rings is 1. The molecule has 8 heteroatoms. The molecule has 0 bridgehead atoms. The van der Waals surface area contributed by atoms with E-state index in [-0.39, 0.29) is 5.69 Å². The van der Waals surface area contributed by atoms with Crippen LogP contribution in [0.15, 0.2) is 70.8 Å². The van der Waals surface area contributed by atoms with Gasteiger partial charge >= 0.3 is 0 Å². The van der Waals surface area contributed by atoms with Gasteiger partial charge in [-0.2, -0.15) is 0 Å². The van der Waals surface area contributed by atoms with Crippen molar-refractivity contribution in [2.45, 2.75) is 10.1 Å². The van der Waals surface area contributed by atoms with E-state index in [1.807, 2.05) is 41.9 Å². The molecule has 0 radical (unpaired) electrons. The number of nitro benzene ring substituents is 1. The Morgan fingerprint density at radius 1 is 1.04 bits per heavy atom. The lowest BCUT2D eigenvalue weighted by atomic mass is 10.2. The minimum absolute atomic E-state index is 0.0420. The van der Waals surface area contributed by atoms with Gasteiger partial charge in [0.05, 0.1) is 15.8 Å². The van der Waals surface area contributed by atoms with Crippen LogP contribution in [0, 0.1) is 10.1 Å². The van der Waals surface area contributed by atoms with Crippen molar-refractivity contribution in [3.63, 3.8) is 0 Å². The number of aromatic nitrogens is 4. The molecule has 0 unspecified atom stereocenters. The van der Waals surface area contributed by atoms with E-state index in [0.717, 1.165) is 16.3 Å². The summed E-state index contributed by atoms with van der Waals surface area (Å²) in [5.41, 5.74) is 1.59. The smallest absolute Gasteiger partial charge is 0.278 e. The first-order valence-corrected chi connectivity index (χ1v) is 8.61. The summed E-state index contributed by atoms with van der Waals surface area (Å²) in [5, 5.41) is 21.0. The summed E-state index contributed by atoms with van der Waals surface area (Å²) in [7, 11) is 1.89. The van der Waals surface area contributed by atoms with Crippen molar-refractivity contribution in [2.24, 2.45) is 7.05 Å². The van der Waals surface area contributed by atoms with E-state index >= 15 is 0 Å². The minimum atomic E-state index is -0.395. The molecule has 0 aliphatic rings. The maximum Gasteiger partial charge on any atom is 0.278 e. The van der Waals surface area contributed by atoms with Crippen LogP contribution in [-0.4, -0.2) is 24.7 Å². The molecule has 0 N–H and O–H groups in total. The lowest BCUT2D eigenvalue weighted by molar-refractivity contribution is -0.383. The van der Waals surface area contributed by atoms with Crippen LogP contribution in [0.5, 0.6) is 0 Å². The third kappa shape index (κ3) is 2.80. The number of hydrogen-bond acceptors (Lipinski definition) is 6. The van der Waals surface area contributed by atoms with Crippen LogP contribution < -0.4 is 0 Å². The van der Waals surface area contributed by atoms with E-state index in [9.17, 15) is 10.1 Å². The fourth-order valence-electron chi connectivity index (χ4n) is 2.71. The Balaban J connectivity index is 1.76. The summed E-state index contributed by atoms with van der Waals surface area (Å²) in [6.07, 6.45) is 1.63. The summed E-state index contributed by atoms with van der Waals surface area (Å²) in [5.74, 6) is 0.757. The quantitative estimate of drug-likeness (QED) is 0.401. The van der Waals surface area contributed by atoms with Gasteiger partial charge in [-0.15, -0.1) is 10.2 Å². The number of hydrogen-bond donors (Lipinski definition) is 0. The van der Waals surface area contributed by atoms with Gasteiger partial charge in [0.25, 0.3) is 5.69 Å². The summed E-state index contributed by atoms with van der Waals surface area (Å²) in [6.45, 7) is 0. The average Bonchev–Trinajstić information content (AvgIpc) is 3.03. The van der Waals surface area contributed by atoms with Gasteiger partial charge in [-0.05, 0) is 30.0 Å². The topological polar surface area (TPSA) is 86.7 Å². The number of nitrogens with zero attached hydrogens (tertiary/aromatic N) is 5. The number of fused-ring (bicyclic) bond motifs is 1. The van der Waals surface area contributed by atoms with Crippen LogP contribution in [0.2, 0.25) is 0 Å². The van der Waals surface area contributed by atoms with Gasteiger partial charge in [0, 0.05) is 29.8 Å². The summed E-state index contributed by atoms with van der Waals surface area (Å²) in [6, 6.07) is 16.4. The predicted octanol–water partition coefficient (Wildman–Crippen LogP) is 4.09. The molecule has 0 aliphatic heterocycles. The monoisotopic (exact) mass is 363 g/mol. The molecule has 0 aliphatic carbocycles. The van der Waals surface area contributed by atoms with Crippen LogP contribution in [0.4, 0.5) is 5.69 Å². The first-order chi connectivity index (χ1) is 12.6. The third-order valence-electron chi connectivity index (χ3n) is 3.97. The highest BCUT2D eigenvalue weighted by atomic mass is 32.2. The van der Waals surface area contributed by atoms with Gasteiger partial charge in [-0.25, -0.2) is 0 Å². The number of benzene rings is 2. The highest BCUT2D eigenvalue weighted by molar-refractivity contribution is 7.99. The molecular weight excluding hydrogens is 350 g/mol. The van der Waals surface area contributed by atoms with Crippen LogP contribution >= 0.6 is 11.8 Å². The van der Waals surface area contributed by atoms with Crippen molar-refractivity contribution in [3.8, 4) is 11.4 Å². The summed E-state index contributed by atoms with van der Waals surface area (Å²) in [4.78, 5) is 16.0. The molecule has 4 rings (SSSR count). The van der Waals surface area contributed by atoms with Crippen molar-refractivity contribution in [3.05, 3.63) is 70.9 Å². The first kappa shape index (κ1) is 16.2. The molecule has 7 nitrogen and oxygen atoms in total. The highest BCUT2D eigenvalue weighted by Crippen LogP contribution is 2.36. The Bertz CT molecular complexity index is 1110. The average molecular weight is 363 g/mol. The van der Waals surface area contributed by atoms with Crippen LogP contribution in [0.1, 0.15) is 0 Å². The number of nitro groups is 1. The van der Waals surface area contributed by atoms with Gasteiger partial charge in [-0.1, -0.05) is 30.3 Å². The van der Waals surface area contributed by atoms with E-state index in [2.05, 4.69) is 15.2 Å². The first-order valence-electron chi connectivity index (χ1n) is 7.80. The van der Waals surface area contributed by atoms with Gasteiger partial charge in [0.2, 0.25) is 0 Å². The second-order valence-corrected chi connectivity index (χ2v) is 6.58. The van der Waals surface area contributed by atoms with Crippen LogP contribution in [-0.2, 0) is 7.05 Å². The predicted molar refractivity (Wildman–Crippen MR) is 99.0 cm³/mol. The van der Waals surface area contributed by atoms with Gasteiger partial charge in [0.1, 0.15) is 0 Å². The lowest BCUT2D eigenvalue weighted by Crippen LogP contribution is -1.95. The zero-order chi connectivity index (χ0) is 18.1. The second-order valence-electron chi connectivity index (χ2n) is 5.57. The third-order valence-corrected chi connectivity index (χ3v) is 5.06. The standard InChI is InChI=1S/C18H13N5O2S/c1-22-17(12-6-3-2-4-7-12)20-21-18(22)26-15-10-9-14(23(24)25)13-8-5-11-19-16(13)15/h2-11H,1H3. The van der Waals surface area contributed by atoms with Gasteiger partial charge in [-0.3, -0.25) is 15.1 Å². The Morgan fingerprint density at radius 2 is 1.85 bits per heavy atom. The van der Waals surface area contributed by atoms with E-state index in [1.165, 1.54) is 17.8 Å². The molecule has 26 heavy (non-hydrogen) atoms. The van der Waals surface area contributed by atoms with Gasteiger partial charge < -0.3 is 4.57 Å². The SMILES string of the molecule is Cn1c(Sc2ccc([N+](=O)[O-])c3cccnc23)nnc1-c1ccccc1. The molecule has 128 valence electrons. The Labute approximate surface area is 152 Å². The Hall–Kier alpha value is -3.26. The maximum absolute atomic E-state index is 11.2. The zero-order valence-electron chi connectivity index (χ0n) is 13.7. The largest absolute Gasteiger partial charge is 0.305 e. The van der Waals surface area contributed by atoms with Crippen LogP contribution in [0.3, 0.4) is 0 Å². The second kappa shape index (κ2) is 6.57. The van der Waals surface area contributed by atoms with E-state index in [0.29, 0.717) is 16.1 Å². The van der Waals surface area contributed by atoms with E-state index in [1.54, 1.807) is 24.4 Å². The summed E-state index contributed by atoms with van der Waals surface area (Å²) >= 11 is 1.38. The zero-order valence-corrected chi connectivity index (χ0v) is 14.6. The molecule has 0 atom stereocenters. The Kier molecular flexibility index (Phi) is 4.10. The van der Waals surface area contributed by atoms with E-state index < -0.39 is 4.92 Å². The highest BCUT2D eigenvalue weighted by Gasteiger charge is 2.18. The number of rotatable bonds is 4. The lowest BCUT2D eigenvalue weighted by Gasteiger charge is -2.06. The maximum atomic E-state index is 11.2. The number of non-ortho nitro benzene ring substituents is 1. The molecule has 0 amide bonds. The van der Waals surface area contributed by atoms with Crippen molar-refractivity contribution in [1.29, 1.82) is 0 Å². The molecule has 0 spiro atoms. The van der Waals surface area contributed by atoms with E-state index in [4.69, 9.17) is 0 Å². The Morgan fingerprint density at radius 3 is 2.62 bits per heavy atom. The van der Waals surface area contributed by atoms with Gasteiger partial charge in [0.15, 0.2) is 11.0 Å². The molecule has 0 saturated heterocycles. The minimum Gasteiger partial charge on any atom is -0.305 e. The molecule has 0 fully saturated rings. The normalized spacial score (nSPS) is 11.0. The van der Waals surface area contributed by atoms with Crippen molar-refractivity contribution in [2.75, 3.05) is 0 Å². The molecule has 0 saturated carbocycles. The molecule has 2 aromatic carbocycles. The fourth-order valence-corrected chi connectivity index (χ4v) is 3.61. The molecule has 2 heterocycles. The molecular formula is C18H13N5O2S. The molecule has 2 aromatic heterocycles. The van der Waals surface area contributed by atoms with Crippen LogP contribution in [0.25, 0.3) is 22.3 Å².